The number of nitrogens with one attached hydrogen (secondary N) is 1. The van der Waals surface area contributed by atoms with E-state index in [9.17, 15) is 4.79 Å². The Kier molecular flexibility index (Phi) is 4.99. The van der Waals surface area contributed by atoms with Gasteiger partial charge in [-0.25, -0.2) is 4.98 Å². The van der Waals surface area contributed by atoms with Crippen LogP contribution in [0.2, 0.25) is 0 Å². The topological polar surface area (TPSA) is 65.1 Å². The summed E-state index contributed by atoms with van der Waals surface area (Å²) < 4.78 is 0. The number of para-hydroxylation sites is 1. The van der Waals surface area contributed by atoms with Gasteiger partial charge < -0.3 is 9.88 Å². The summed E-state index contributed by atoms with van der Waals surface area (Å²) in [7, 11) is 0. The highest BCUT2D eigenvalue weighted by atomic mass is 16.1. The highest BCUT2D eigenvalue weighted by Gasteiger charge is 2.24. The Morgan fingerprint density at radius 3 is 2.47 bits per heavy atom. The van der Waals surface area contributed by atoms with Gasteiger partial charge in [-0.2, -0.15) is 0 Å². The molecule has 2 aromatic heterocycles. The van der Waals surface area contributed by atoms with Crippen LogP contribution in [0.5, 0.6) is 0 Å². The Bertz CT molecular complexity index is 1150. The molecule has 1 aliphatic heterocycles. The quantitative estimate of drug-likeness (QED) is 0.521. The molecule has 0 atom stereocenters. The molecule has 0 radical (unpaired) electrons. The largest absolute Gasteiger partial charge is 0.354 e. The van der Waals surface area contributed by atoms with Crippen molar-refractivity contribution in [2.75, 3.05) is 37.6 Å². The van der Waals surface area contributed by atoms with Crippen LogP contribution in [-0.2, 0) is 0 Å². The fraction of sp³-hybridized carbons (Fsp3) is 0.208. The third-order valence-corrected chi connectivity index (χ3v) is 5.66. The number of benzene rings is 2. The Labute approximate surface area is 175 Å². The van der Waals surface area contributed by atoms with Crippen molar-refractivity contribution in [2.24, 2.45) is 0 Å². The van der Waals surface area contributed by atoms with Crippen LogP contribution in [0, 0.1) is 0 Å². The smallest absolute Gasteiger partial charge is 0.179 e. The average Bonchev–Trinajstić information content (AvgIpc) is 3.21. The van der Waals surface area contributed by atoms with Gasteiger partial charge in [0.1, 0.15) is 5.82 Å². The lowest BCUT2D eigenvalue weighted by Crippen LogP contribution is -2.48. The minimum Gasteiger partial charge on any atom is -0.354 e. The lowest BCUT2D eigenvalue weighted by molar-refractivity contribution is 0.0928. The number of nitrogens with zero attached hydrogens (tertiary/aromatic N) is 4. The first kappa shape index (κ1) is 18.5. The Balaban J connectivity index is 1.37. The maximum Gasteiger partial charge on any atom is 0.179 e. The van der Waals surface area contributed by atoms with Crippen LogP contribution >= 0.6 is 0 Å². The Hall–Kier alpha value is -3.51. The molecule has 6 heteroatoms. The molecule has 1 fully saturated rings. The van der Waals surface area contributed by atoms with Gasteiger partial charge in [0.25, 0.3) is 0 Å². The monoisotopic (exact) mass is 397 g/mol. The highest BCUT2D eigenvalue weighted by Crippen LogP contribution is 2.31. The molecule has 30 heavy (non-hydrogen) atoms. The van der Waals surface area contributed by atoms with Crippen LogP contribution in [0.15, 0.2) is 73.2 Å². The fourth-order valence-electron chi connectivity index (χ4n) is 4.12. The van der Waals surface area contributed by atoms with Crippen molar-refractivity contribution in [1.29, 1.82) is 0 Å². The molecule has 4 aromatic rings. The standard InChI is InChI=1S/C24H23N5O/c30-21(17-28-12-14-29(15-13-28)22-16-25-10-11-26-22)23-19-8-4-5-9-20(19)27-24(23)18-6-2-1-3-7-18/h1-11,16,27H,12-15,17H2. The van der Waals surface area contributed by atoms with Crippen LogP contribution < -0.4 is 4.90 Å². The van der Waals surface area contributed by atoms with E-state index >= 15 is 0 Å². The summed E-state index contributed by atoms with van der Waals surface area (Å²) in [4.78, 5) is 29.9. The number of ketones is 1. The van der Waals surface area contributed by atoms with Gasteiger partial charge in [-0.3, -0.25) is 14.7 Å². The number of fused-ring (bicyclic) bond motifs is 1. The van der Waals surface area contributed by atoms with E-state index in [0.29, 0.717) is 6.54 Å². The van der Waals surface area contributed by atoms with E-state index in [0.717, 1.165) is 59.7 Å². The number of carbonyl (C=O) groups excluding carboxylic acids is 1. The van der Waals surface area contributed by atoms with Gasteiger partial charge in [0.15, 0.2) is 5.78 Å². The molecule has 0 unspecified atom stereocenters. The molecule has 0 aliphatic carbocycles. The van der Waals surface area contributed by atoms with Gasteiger partial charge in [0.2, 0.25) is 0 Å². The number of carbonyl (C=O) groups is 1. The molecule has 5 rings (SSSR count). The minimum atomic E-state index is 0.152. The molecule has 3 heterocycles. The molecule has 1 saturated heterocycles. The summed E-state index contributed by atoms with van der Waals surface area (Å²) in [6.07, 6.45) is 5.19. The molecule has 0 amide bonds. The van der Waals surface area contributed by atoms with Crippen molar-refractivity contribution in [2.45, 2.75) is 0 Å². The number of hydrogen-bond donors (Lipinski definition) is 1. The average molecular weight is 397 g/mol. The molecule has 0 saturated carbocycles. The summed E-state index contributed by atoms with van der Waals surface area (Å²) in [5.74, 6) is 1.05. The molecule has 2 aromatic carbocycles. The summed E-state index contributed by atoms with van der Waals surface area (Å²) in [5, 5.41) is 0.986. The number of H-pyrrole nitrogens is 1. The molecular formula is C24H23N5O. The van der Waals surface area contributed by atoms with Gasteiger partial charge in [0.05, 0.1) is 24.0 Å². The van der Waals surface area contributed by atoms with Crippen molar-refractivity contribution in [3.63, 3.8) is 0 Å². The van der Waals surface area contributed by atoms with E-state index in [1.54, 1.807) is 18.6 Å². The van der Waals surface area contributed by atoms with E-state index in [2.05, 4.69) is 24.8 Å². The minimum absolute atomic E-state index is 0.152. The van der Waals surface area contributed by atoms with Crippen molar-refractivity contribution < 1.29 is 4.79 Å². The first-order chi connectivity index (χ1) is 14.8. The number of aromatic amines is 1. The summed E-state index contributed by atoms with van der Waals surface area (Å²) in [6.45, 7) is 3.74. The zero-order valence-corrected chi connectivity index (χ0v) is 16.7. The first-order valence-electron chi connectivity index (χ1n) is 10.2. The van der Waals surface area contributed by atoms with Gasteiger partial charge in [0, 0.05) is 49.5 Å². The fourth-order valence-corrected chi connectivity index (χ4v) is 4.12. The molecule has 6 nitrogen and oxygen atoms in total. The summed E-state index contributed by atoms with van der Waals surface area (Å²) in [5.41, 5.74) is 3.71. The van der Waals surface area contributed by atoms with Crippen LogP contribution in [0.25, 0.3) is 22.2 Å². The van der Waals surface area contributed by atoms with E-state index < -0.39 is 0 Å². The normalized spacial score (nSPS) is 14.9. The lowest BCUT2D eigenvalue weighted by atomic mass is 10.0. The van der Waals surface area contributed by atoms with Crippen molar-refractivity contribution in [3.8, 4) is 11.3 Å². The number of piperazine rings is 1. The predicted octanol–water partition coefficient (Wildman–Crippen LogP) is 3.63. The Morgan fingerprint density at radius 1 is 0.933 bits per heavy atom. The molecule has 150 valence electrons. The molecule has 0 spiro atoms. The molecular weight excluding hydrogens is 374 g/mol. The van der Waals surface area contributed by atoms with E-state index in [-0.39, 0.29) is 5.78 Å². The molecule has 1 N–H and O–H groups in total. The van der Waals surface area contributed by atoms with Crippen LogP contribution in [0.1, 0.15) is 10.4 Å². The zero-order valence-electron chi connectivity index (χ0n) is 16.7. The van der Waals surface area contributed by atoms with Gasteiger partial charge in [-0.05, 0) is 11.6 Å². The molecule has 0 bridgehead atoms. The highest BCUT2D eigenvalue weighted by molar-refractivity contribution is 6.14. The SMILES string of the molecule is O=C(CN1CCN(c2cnccn2)CC1)c1c(-c2ccccc2)[nH]c2ccccc12. The predicted molar refractivity (Wildman–Crippen MR) is 119 cm³/mol. The van der Waals surface area contributed by atoms with Crippen molar-refractivity contribution >= 4 is 22.5 Å². The summed E-state index contributed by atoms with van der Waals surface area (Å²) >= 11 is 0. The van der Waals surface area contributed by atoms with E-state index in [1.165, 1.54) is 0 Å². The number of aromatic nitrogens is 3. The van der Waals surface area contributed by atoms with Crippen LogP contribution in [0.4, 0.5) is 5.82 Å². The number of rotatable bonds is 5. The zero-order chi connectivity index (χ0) is 20.3. The van der Waals surface area contributed by atoms with E-state index in [4.69, 9.17) is 0 Å². The molecule has 1 aliphatic rings. The second kappa shape index (κ2) is 8.08. The number of Topliss-reactive ketones (excluding diaryl/α,β-unsaturated/α-hetero) is 1. The van der Waals surface area contributed by atoms with Gasteiger partial charge in [-0.15, -0.1) is 0 Å². The van der Waals surface area contributed by atoms with E-state index in [1.807, 2.05) is 54.6 Å². The third-order valence-electron chi connectivity index (χ3n) is 5.66. The summed E-state index contributed by atoms with van der Waals surface area (Å²) in [6, 6.07) is 18.1. The third kappa shape index (κ3) is 3.57. The number of hydrogen-bond acceptors (Lipinski definition) is 5. The first-order valence-corrected chi connectivity index (χ1v) is 10.2. The van der Waals surface area contributed by atoms with Crippen LogP contribution in [0.3, 0.4) is 0 Å². The second-order valence-corrected chi connectivity index (χ2v) is 7.54. The second-order valence-electron chi connectivity index (χ2n) is 7.54. The van der Waals surface area contributed by atoms with Crippen molar-refractivity contribution in [1.82, 2.24) is 19.9 Å². The van der Waals surface area contributed by atoms with Gasteiger partial charge >= 0.3 is 0 Å². The van der Waals surface area contributed by atoms with Crippen LogP contribution in [-0.4, -0.2) is 58.4 Å². The Morgan fingerprint density at radius 2 is 1.70 bits per heavy atom. The number of anilines is 1. The van der Waals surface area contributed by atoms with Gasteiger partial charge in [-0.1, -0.05) is 48.5 Å². The maximum absolute atomic E-state index is 13.4. The lowest BCUT2D eigenvalue weighted by Gasteiger charge is -2.34. The van der Waals surface area contributed by atoms with Crippen molar-refractivity contribution in [3.05, 3.63) is 78.8 Å². The maximum atomic E-state index is 13.4.